The summed E-state index contributed by atoms with van der Waals surface area (Å²) in [6.45, 7) is 0. The predicted octanol–water partition coefficient (Wildman–Crippen LogP) is 3.84. The summed E-state index contributed by atoms with van der Waals surface area (Å²) < 4.78 is 4.79. The van der Waals surface area contributed by atoms with Gasteiger partial charge in [0.25, 0.3) is 0 Å². The van der Waals surface area contributed by atoms with Crippen LogP contribution < -0.4 is 0 Å². The first-order chi connectivity index (χ1) is 12.2. The van der Waals surface area contributed by atoms with Crippen LogP contribution in [0.4, 0.5) is 0 Å². The number of para-hydroxylation sites is 1. The summed E-state index contributed by atoms with van der Waals surface area (Å²) in [4.78, 5) is 35.1. The van der Waals surface area contributed by atoms with Gasteiger partial charge in [0.2, 0.25) is 5.78 Å². The Bertz CT molecular complexity index is 1230. The molecule has 3 aromatic heterocycles. The first kappa shape index (κ1) is 14.2. The summed E-state index contributed by atoms with van der Waals surface area (Å²) in [6.07, 6.45) is 1.73. The normalized spacial score (nSPS) is 12.4. The molecule has 0 N–H and O–H groups in total. The van der Waals surface area contributed by atoms with Gasteiger partial charge in [-0.25, -0.2) is 9.78 Å². The zero-order chi connectivity index (χ0) is 17.1. The van der Waals surface area contributed by atoms with Gasteiger partial charge in [0, 0.05) is 22.5 Å². The third-order valence-corrected chi connectivity index (χ3v) is 5.53. The molecule has 4 aromatic rings. The fourth-order valence-electron chi connectivity index (χ4n) is 3.30. The molecule has 0 atom stereocenters. The van der Waals surface area contributed by atoms with Crippen LogP contribution in [0.1, 0.15) is 25.7 Å². The van der Waals surface area contributed by atoms with E-state index in [9.17, 15) is 9.59 Å². The second-order valence-corrected chi connectivity index (χ2v) is 6.79. The molecule has 120 valence electrons. The van der Waals surface area contributed by atoms with Gasteiger partial charge >= 0.3 is 5.97 Å². The lowest BCUT2D eigenvalue weighted by atomic mass is 9.92. The molecule has 0 bridgehead atoms. The molecule has 0 fully saturated rings. The number of hydrogen-bond acceptors (Lipinski definition) is 6. The van der Waals surface area contributed by atoms with Crippen LogP contribution >= 0.6 is 11.3 Å². The second-order valence-electron chi connectivity index (χ2n) is 5.73. The van der Waals surface area contributed by atoms with Gasteiger partial charge in [0.15, 0.2) is 0 Å². The van der Waals surface area contributed by atoms with Crippen molar-refractivity contribution in [1.82, 2.24) is 9.97 Å². The Hall–Kier alpha value is -3.12. The molecule has 25 heavy (non-hydrogen) atoms. The zero-order valence-corrected chi connectivity index (χ0v) is 13.9. The molecule has 5 nitrogen and oxygen atoms in total. The predicted molar refractivity (Wildman–Crippen MR) is 95.1 cm³/mol. The Morgan fingerprint density at radius 2 is 1.96 bits per heavy atom. The van der Waals surface area contributed by atoms with Crippen LogP contribution in [-0.2, 0) is 4.74 Å². The van der Waals surface area contributed by atoms with Gasteiger partial charge in [0.05, 0.1) is 23.2 Å². The van der Waals surface area contributed by atoms with Gasteiger partial charge in [-0.05, 0) is 23.6 Å². The minimum atomic E-state index is -0.457. The van der Waals surface area contributed by atoms with E-state index in [1.165, 1.54) is 18.4 Å². The molecule has 0 unspecified atom stereocenters. The van der Waals surface area contributed by atoms with Crippen LogP contribution in [0, 0.1) is 0 Å². The van der Waals surface area contributed by atoms with E-state index in [0.29, 0.717) is 26.7 Å². The molecule has 0 spiro atoms. The second kappa shape index (κ2) is 4.94. The molecule has 1 aliphatic rings. The maximum absolute atomic E-state index is 13.0. The van der Waals surface area contributed by atoms with Crippen LogP contribution in [0.2, 0.25) is 0 Å². The largest absolute Gasteiger partial charge is 0.465 e. The number of carbonyl (C=O) groups excluding carboxylic acids is 2. The summed E-state index contributed by atoms with van der Waals surface area (Å²) in [5, 5.41) is 2.67. The fourth-order valence-corrected chi connectivity index (χ4v) is 4.38. The number of aromatic nitrogens is 2. The molecule has 0 saturated carbocycles. The molecular formula is C19H10N2O3S. The molecule has 0 amide bonds. The number of methoxy groups -OCH3 is 1. The van der Waals surface area contributed by atoms with Crippen molar-refractivity contribution in [3.63, 3.8) is 0 Å². The van der Waals surface area contributed by atoms with Crippen molar-refractivity contribution in [2.75, 3.05) is 7.11 Å². The van der Waals surface area contributed by atoms with E-state index < -0.39 is 5.97 Å². The monoisotopic (exact) mass is 346 g/mol. The highest BCUT2D eigenvalue weighted by Crippen LogP contribution is 2.43. The molecule has 3 heterocycles. The number of rotatable bonds is 1. The lowest BCUT2D eigenvalue weighted by Gasteiger charge is -2.16. The molecule has 0 saturated heterocycles. The Morgan fingerprint density at radius 3 is 2.80 bits per heavy atom. The Kier molecular flexibility index (Phi) is 2.81. The van der Waals surface area contributed by atoms with Gasteiger partial charge in [-0.15, -0.1) is 11.3 Å². The Labute approximate surface area is 145 Å². The number of carbonyl (C=O) groups is 2. The lowest BCUT2D eigenvalue weighted by molar-refractivity contribution is 0.0606. The highest BCUT2D eigenvalue weighted by atomic mass is 32.1. The number of fused-ring (bicyclic) bond motifs is 4. The van der Waals surface area contributed by atoms with Crippen molar-refractivity contribution in [2.24, 2.45) is 0 Å². The molecule has 0 aliphatic heterocycles. The van der Waals surface area contributed by atoms with Crippen molar-refractivity contribution in [3.8, 4) is 10.6 Å². The van der Waals surface area contributed by atoms with E-state index in [0.717, 1.165) is 21.7 Å². The van der Waals surface area contributed by atoms with E-state index in [1.807, 2.05) is 30.3 Å². The molecule has 6 heteroatoms. The number of nitrogens with zero attached hydrogens (tertiary/aromatic N) is 2. The Morgan fingerprint density at radius 1 is 1.12 bits per heavy atom. The summed E-state index contributed by atoms with van der Waals surface area (Å²) in [6, 6.07) is 11.2. The topological polar surface area (TPSA) is 69.2 Å². The number of pyridine rings is 2. The van der Waals surface area contributed by atoms with Gasteiger partial charge < -0.3 is 4.74 Å². The number of thiophene rings is 1. The quantitative estimate of drug-likeness (QED) is 0.341. The van der Waals surface area contributed by atoms with Gasteiger partial charge in [-0.1, -0.05) is 18.2 Å². The number of hydrogen-bond donors (Lipinski definition) is 0. The molecule has 5 rings (SSSR count). The minimum Gasteiger partial charge on any atom is -0.465 e. The van der Waals surface area contributed by atoms with Crippen molar-refractivity contribution in [3.05, 3.63) is 58.7 Å². The maximum atomic E-state index is 13.0. The number of ether oxygens (including phenoxy) is 1. The summed E-state index contributed by atoms with van der Waals surface area (Å²) >= 11 is 1.23. The first-order valence-electron chi connectivity index (χ1n) is 7.63. The average Bonchev–Trinajstić information content (AvgIpc) is 3.11. The van der Waals surface area contributed by atoms with Crippen LogP contribution in [0.25, 0.3) is 32.2 Å². The average molecular weight is 346 g/mol. The van der Waals surface area contributed by atoms with E-state index in [2.05, 4.69) is 9.97 Å². The maximum Gasteiger partial charge on any atom is 0.348 e. The molecule has 1 aromatic carbocycles. The van der Waals surface area contributed by atoms with E-state index in [-0.39, 0.29) is 5.78 Å². The SMILES string of the molecule is COC(=O)c1cc2c(s1)-c1nccc3c1c(nc1ccccc13)C2=O. The molecule has 1 aliphatic carbocycles. The summed E-state index contributed by atoms with van der Waals surface area (Å²) in [5.74, 6) is -0.640. The van der Waals surface area contributed by atoms with Crippen molar-refractivity contribution < 1.29 is 14.3 Å². The first-order valence-corrected chi connectivity index (χ1v) is 8.45. The standard InChI is InChI=1S/C19H10N2O3S/c1-24-19(23)13-8-11-17(22)15-14-10(6-7-20-16(14)18(11)25-13)9-4-2-3-5-12(9)21-15/h2-8H,1H3. The van der Waals surface area contributed by atoms with Crippen LogP contribution in [0.3, 0.4) is 0 Å². The van der Waals surface area contributed by atoms with Gasteiger partial charge in [0.1, 0.15) is 10.6 Å². The molecule has 0 radical (unpaired) electrons. The lowest BCUT2D eigenvalue weighted by Crippen LogP contribution is -2.11. The number of esters is 1. The van der Waals surface area contributed by atoms with Crippen LogP contribution in [0.5, 0.6) is 0 Å². The van der Waals surface area contributed by atoms with Crippen molar-refractivity contribution >= 4 is 44.8 Å². The van der Waals surface area contributed by atoms with E-state index in [4.69, 9.17) is 4.74 Å². The van der Waals surface area contributed by atoms with Gasteiger partial charge in [-0.3, -0.25) is 9.78 Å². The van der Waals surface area contributed by atoms with Gasteiger partial charge in [-0.2, -0.15) is 0 Å². The van der Waals surface area contributed by atoms with Crippen LogP contribution in [0.15, 0.2) is 42.6 Å². The minimum absolute atomic E-state index is 0.183. The van der Waals surface area contributed by atoms with Crippen LogP contribution in [-0.4, -0.2) is 28.8 Å². The summed E-state index contributed by atoms with van der Waals surface area (Å²) in [5.41, 5.74) is 2.31. The van der Waals surface area contributed by atoms with E-state index in [1.54, 1.807) is 12.3 Å². The fraction of sp³-hybridized carbons (Fsp3) is 0.0526. The third-order valence-electron chi connectivity index (χ3n) is 4.41. The van der Waals surface area contributed by atoms with Crippen molar-refractivity contribution in [2.45, 2.75) is 0 Å². The molecular weight excluding hydrogens is 336 g/mol. The highest BCUT2D eigenvalue weighted by molar-refractivity contribution is 7.18. The number of ketones is 1. The zero-order valence-electron chi connectivity index (χ0n) is 13.1. The smallest absolute Gasteiger partial charge is 0.348 e. The van der Waals surface area contributed by atoms with Crippen molar-refractivity contribution in [1.29, 1.82) is 0 Å². The van der Waals surface area contributed by atoms with E-state index >= 15 is 0 Å². The summed E-state index contributed by atoms with van der Waals surface area (Å²) in [7, 11) is 1.32. The third kappa shape index (κ3) is 1.82. The highest BCUT2D eigenvalue weighted by Gasteiger charge is 2.31. The number of benzene rings is 1. The Balaban J connectivity index is 1.93.